The first-order chi connectivity index (χ1) is 15.1. The monoisotopic (exact) mass is 457 g/mol. The van der Waals surface area contributed by atoms with Gasteiger partial charge in [0.2, 0.25) is 0 Å². The van der Waals surface area contributed by atoms with Crippen LogP contribution in [-0.4, -0.2) is 48.1 Å². The molecular formula is C25H31NO5S. The van der Waals surface area contributed by atoms with Crippen LogP contribution >= 0.6 is 11.3 Å². The summed E-state index contributed by atoms with van der Waals surface area (Å²) in [5.74, 6) is -1.12. The molecule has 1 N–H and O–H groups in total. The van der Waals surface area contributed by atoms with Crippen molar-refractivity contribution in [1.82, 2.24) is 4.90 Å². The SMILES string of the molecule is COc1ccc(C(C)(C)C)cc1/C(O)=C1\C(=O)C(=O)N(CCOC(C)C)C1c1cccs1. The molecule has 1 aromatic heterocycles. The van der Waals surface area contributed by atoms with Crippen LogP contribution in [0.25, 0.3) is 5.76 Å². The van der Waals surface area contributed by atoms with Crippen molar-refractivity contribution >= 4 is 28.8 Å². The molecule has 0 spiro atoms. The van der Waals surface area contributed by atoms with Crippen LogP contribution in [0, 0.1) is 0 Å². The molecule has 0 radical (unpaired) electrons. The molecule has 1 fully saturated rings. The molecule has 0 aliphatic carbocycles. The lowest BCUT2D eigenvalue weighted by molar-refractivity contribution is -0.140. The minimum atomic E-state index is -0.700. The average Bonchev–Trinajstić information content (AvgIpc) is 3.34. The summed E-state index contributed by atoms with van der Waals surface area (Å²) in [6.45, 7) is 10.6. The maximum atomic E-state index is 13.1. The minimum absolute atomic E-state index is 0.0106. The van der Waals surface area contributed by atoms with Crippen molar-refractivity contribution in [3.05, 3.63) is 57.3 Å². The van der Waals surface area contributed by atoms with Gasteiger partial charge in [-0.2, -0.15) is 0 Å². The fourth-order valence-corrected chi connectivity index (χ4v) is 4.59. The lowest BCUT2D eigenvalue weighted by Crippen LogP contribution is -2.33. The number of hydrogen-bond acceptors (Lipinski definition) is 6. The number of hydrogen-bond donors (Lipinski definition) is 1. The Bertz CT molecular complexity index is 1020. The van der Waals surface area contributed by atoms with E-state index in [0.29, 0.717) is 17.9 Å². The molecule has 1 aliphatic rings. The number of aliphatic hydroxyl groups excluding tert-OH is 1. The molecule has 6 nitrogen and oxygen atoms in total. The van der Waals surface area contributed by atoms with Crippen LogP contribution < -0.4 is 4.74 Å². The van der Waals surface area contributed by atoms with E-state index < -0.39 is 17.7 Å². The quantitative estimate of drug-likeness (QED) is 0.364. The van der Waals surface area contributed by atoms with Crippen LogP contribution in [0.5, 0.6) is 5.75 Å². The molecule has 1 unspecified atom stereocenters. The van der Waals surface area contributed by atoms with Crippen LogP contribution in [0.4, 0.5) is 0 Å². The van der Waals surface area contributed by atoms with Crippen molar-refractivity contribution in [3.63, 3.8) is 0 Å². The molecule has 2 heterocycles. The molecule has 32 heavy (non-hydrogen) atoms. The number of nitrogens with zero attached hydrogens (tertiary/aromatic N) is 1. The average molecular weight is 458 g/mol. The highest BCUT2D eigenvalue weighted by molar-refractivity contribution is 7.10. The first-order valence-corrected chi connectivity index (χ1v) is 11.6. The third-order valence-electron chi connectivity index (χ3n) is 5.46. The molecule has 2 aromatic rings. The van der Waals surface area contributed by atoms with Crippen LogP contribution in [0.15, 0.2) is 41.3 Å². The number of methoxy groups -OCH3 is 1. The number of amides is 1. The summed E-state index contributed by atoms with van der Waals surface area (Å²) in [4.78, 5) is 28.4. The number of benzene rings is 1. The van der Waals surface area contributed by atoms with Gasteiger partial charge in [0.05, 0.1) is 37.0 Å². The maximum absolute atomic E-state index is 13.1. The Morgan fingerprint density at radius 2 is 1.94 bits per heavy atom. The number of rotatable bonds is 7. The predicted octanol–water partition coefficient (Wildman–Crippen LogP) is 4.90. The molecule has 1 aromatic carbocycles. The van der Waals surface area contributed by atoms with Gasteiger partial charge in [-0.3, -0.25) is 9.59 Å². The van der Waals surface area contributed by atoms with Crippen molar-refractivity contribution < 1.29 is 24.2 Å². The zero-order valence-electron chi connectivity index (χ0n) is 19.5. The standard InChI is InChI=1S/C25H31NO5S/c1-15(2)31-12-11-26-21(19-8-7-13-32-19)20(23(28)24(26)29)22(27)17-14-16(25(3,4)5)9-10-18(17)30-6/h7-10,13-15,21,27H,11-12H2,1-6H3/b22-20+. The third-order valence-corrected chi connectivity index (χ3v) is 6.38. The first-order valence-electron chi connectivity index (χ1n) is 10.7. The Balaban J connectivity index is 2.15. The van der Waals surface area contributed by atoms with E-state index in [1.165, 1.54) is 23.3 Å². The summed E-state index contributed by atoms with van der Waals surface area (Å²) < 4.78 is 11.1. The predicted molar refractivity (Wildman–Crippen MR) is 126 cm³/mol. The van der Waals surface area contributed by atoms with Gasteiger partial charge >= 0.3 is 0 Å². The second-order valence-electron chi connectivity index (χ2n) is 9.09. The second kappa shape index (κ2) is 9.46. The molecule has 0 bridgehead atoms. The molecule has 0 saturated carbocycles. The molecule has 1 saturated heterocycles. The highest BCUT2D eigenvalue weighted by atomic mass is 32.1. The molecule has 7 heteroatoms. The van der Waals surface area contributed by atoms with Gasteiger partial charge < -0.3 is 19.5 Å². The second-order valence-corrected chi connectivity index (χ2v) is 10.1. The van der Waals surface area contributed by atoms with E-state index in [4.69, 9.17) is 9.47 Å². The normalized spacial score (nSPS) is 18.6. The van der Waals surface area contributed by atoms with Crippen molar-refractivity contribution in [2.45, 2.75) is 52.2 Å². The number of aliphatic hydroxyl groups is 1. The molecule has 172 valence electrons. The van der Waals surface area contributed by atoms with Crippen LogP contribution in [0.2, 0.25) is 0 Å². The Morgan fingerprint density at radius 1 is 1.22 bits per heavy atom. The summed E-state index contributed by atoms with van der Waals surface area (Å²) >= 11 is 1.44. The fraction of sp³-hybridized carbons (Fsp3) is 0.440. The summed E-state index contributed by atoms with van der Waals surface area (Å²) in [5, 5.41) is 13.3. The van der Waals surface area contributed by atoms with Gasteiger partial charge in [0.1, 0.15) is 11.5 Å². The van der Waals surface area contributed by atoms with E-state index in [9.17, 15) is 14.7 Å². The highest BCUT2D eigenvalue weighted by Gasteiger charge is 2.46. The Kier molecular flexibility index (Phi) is 7.10. The minimum Gasteiger partial charge on any atom is -0.507 e. The molecule has 1 atom stereocenters. The van der Waals surface area contributed by atoms with Gasteiger partial charge in [0, 0.05) is 11.4 Å². The summed E-state index contributed by atoms with van der Waals surface area (Å²) in [7, 11) is 1.52. The largest absolute Gasteiger partial charge is 0.507 e. The molecule has 1 amide bonds. The number of carbonyl (C=O) groups is 2. The molecule has 3 rings (SSSR count). The Hall–Kier alpha value is -2.64. The smallest absolute Gasteiger partial charge is 0.295 e. The van der Waals surface area contributed by atoms with Crippen molar-refractivity contribution in [2.24, 2.45) is 0 Å². The van der Waals surface area contributed by atoms with E-state index in [1.54, 1.807) is 6.07 Å². The number of likely N-dealkylation sites (tertiary alicyclic amines) is 1. The number of carbonyl (C=O) groups excluding carboxylic acids is 2. The van der Waals surface area contributed by atoms with E-state index in [1.807, 2.05) is 43.5 Å². The van der Waals surface area contributed by atoms with E-state index in [0.717, 1.165) is 10.4 Å². The van der Waals surface area contributed by atoms with Crippen molar-refractivity contribution in [3.8, 4) is 5.75 Å². The van der Waals surface area contributed by atoms with E-state index in [-0.39, 0.29) is 29.4 Å². The lowest BCUT2D eigenvalue weighted by atomic mass is 9.85. The van der Waals surface area contributed by atoms with Gasteiger partial charge in [-0.25, -0.2) is 0 Å². The van der Waals surface area contributed by atoms with Crippen LogP contribution in [0.1, 0.15) is 56.7 Å². The van der Waals surface area contributed by atoms with Crippen molar-refractivity contribution in [2.75, 3.05) is 20.3 Å². The summed E-state index contributed by atoms with van der Waals surface area (Å²) in [6, 6.07) is 8.61. The first kappa shape index (κ1) is 24.0. The van der Waals surface area contributed by atoms with Gasteiger partial charge in [0.25, 0.3) is 11.7 Å². The Morgan fingerprint density at radius 3 is 2.50 bits per heavy atom. The summed E-state index contributed by atoms with van der Waals surface area (Å²) in [6.07, 6.45) is 0.0106. The van der Waals surface area contributed by atoms with E-state index in [2.05, 4.69) is 20.8 Å². The topological polar surface area (TPSA) is 76.1 Å². The zero-order chi connectivity index (χ0) is 23.6. The number of ether oxygens (including phenoxy) is 2. The Labute approximate surface area is 193 Å². The summed E-state index contributed by atoms with van der Waals surface area (Å²) in [5.41, 5.74) is 1.28. The molecule has 1 aliphatic heterocycles. The highest BCUT2D eigenvalue weighted by Crippen LogP contribution is 2.42. The number of Topliss-reactive ketones (excluding diaryl/α,β-unsaturated/α-hetero) is 1. The lowest BCUT2D eigenvalue weighted by Gasteiger charge is -2.25. The van der Waals surface area contributed by atoms with Gasteiger partial charge in [-0.1, -0.05) is 32.9 Å². The third kappa shape index (κ3) is 4.74. The van der Waals surface area contributed by atoms with Crippen molar-refractivity contribution in [1.29, 1.82) is 0 Å². The van der Waals surface area contributed by atoms with Crippen LogP contribution in [0.3, 0.4) is 0 Å². The fourth-order valence-electron chi connectivity index (χ4n) is 3.74. The molecular weight excluding hydrogens is 426 g/mol. The van der Waals surface area contributed by atoms with Gasteiger partial charge in [0.15, 0.2) is 0 Å². The maximum Gasteiger partial charge on any atom is 0.295 e. The van der Waals surface area contributed by atoms with Gasteiger partial charge in [-0.05, 0) is 48.4 Å². The number of thiophene rings is 1. The van der Waals surface area contributed by atoms with E-state index >= 15 is 0 Å². The van der Waals surface area contributed by atoms with Crippen LogP contribution in [-0.2, 0) is 19.7 Å². The zero-order valence-corrected chi connectivity index (χ0v) is 20.3. The van der Waals surface area contributed by atoms with Gasteiger partial charge in [-0.15, -0.1) is 11.3 Å². The number of ketones is 1.